The molecule has 3 aromatic rings. The lowest BCUT2D eigenvalue weighted by atomic mass is 10.1. The van der Waals surface area contributed by atoms with Crippen LogP contribution in [0.25, 0.3) is 28.6 Å². The molecule has 0 bridgehead atoms. The molecule has 3 rings (SSSR count). The van der Waals surface area contributed by atoms with Crippen molar-refractivity contribution in [1.82, 2.24) is 9.97 Å². The summed E-state index contributed by atoms with van der Waals surface area (Å²) in [7, 11) is 0. The van der Waals surface area contributed by atoms with E-state index in [1.54, 1.807) is 6.08 Å². The molecule has 0 aliphatic carbocycles. The fourth-order valence-electron chi connectivity index (χ4n) is 2.11. The van der Waals surface area contributed by atoms with E-state index in [4.69, 9.17) is 0 Å². The van der Waals surface area contributed by atoms with E-state index < -0.39 is 0 Å². The van der Waals surface area contributed by atoms with E-state index in [1.165, 1.54) is 0 Å². The van der Waals surface area contributed by atoms with Gasteiger partial charge in [-0.3, -0.25) is 0 Å². The van der Waals surface area contributed by atoms with Crippen LogP contribution in [0.5, 0.6) is 0 Å². The van der Waals surface area contributed by atoms with Crippen LogP contribution in [0.4, 0.5) is 0 Å². The molecule has 1 aromatic heterocycles. The Bertz CT molecular complexity index is 625. The summed E-state index contributed by atoms with van der Waals surface area (Å²) >= 11 is 0. The minimum atomic E-state index is 0.790. The van der Waals surface area contributed by atoms with Gasteiger partial charge >= 0.3 is 0 Å². The Morgan fingerprint density at radius 1 is 0.842 bits per heavy atom. The summed E-state index contributed by atoms with van der Waals surface area (Å²) in [6.07, 6.45) is 1.74. The zero-order valence-corrected chi connectivity index (χ0v) is 10.5. The summed E-state index contributed by atoms with van der Waals surface area (Å²) < 4.78 is 0. The van der Waals surface area contributed by atoms with Gasteiger partial charge in [0.1, 0.15) is 5.82 Å². The van der Waals surface area contributed by atoms with Gasteiger partial charge in [0.25, 0.3) is 0 Å². The molecule has 19 heavy (non-hydrogen) atoms. The third kappa shape index (κ3) is 2.20. The standard InChI is InChI=1S/C17H14N2/c1-2-15-18-16(13-9-5-3-6-10-13)17(19-15)14-11-7-4-8-12-14/h2-12H,1H2,(H,18,19). The molecule has 2 nitrogen and oxygen atoms in total. The first-order valence-electron chi connectivity index (χ1n) is 6.22. The van der Waals surface area contributed by atoms with Crippen molar-refractivity contribution in [3.63, 3.8) is 0 Å². The van der Waals surface area contributed by atoms with Gasteiger partial charge in [0, 0.05) is 11.1 Å². The summed E-state index contributed by atoms with van der Waals surface area (Å²) in [5.74, 6) is 0.790. The smallest absolute Gasteiger partial charge is 0.130 e. The van der Waals surface area contributed by atoms with Crippen LogP contribution in [0.2, 0.25) is 0 Å². The number of aromatic amines is 1. The second-order valence-electron chi connectivity index (χ2n) is 4.28. The van der Waals surface area contributed by atoms with E-state index in [1.807, 2.05) is 36.4 Å². The highest BCUT2D eigenvalue weighted by Gasteiger charge is 2.12. The third-order valence-corrected chi connectivity index (χ3v) is 3.03. The van der Waals surface area contributed by atoms with E-state index in [-0.39, 0.29) is 0 Å². The van der Waals surface area contributed by atoms with Crippen LogP contribution >= 0.6 is 0 Å². The Kier molecular flexibility index (Phi) is 2.99. The van der Waals surface area contributed by atoms with Crippen molar-refractivity contribution in [1.29, 1.82) is 0 Å². The summed E-state index contributed by atoms with van der Waals surface area (Å²) in [4.78, 5) is 7.92. The SMILES string of the molecule is C=Cc1nc(-c2ccccc2)c(-c2ccccc2)[nH]1. The van der Waals surface area contributed by atoms with Gasteiger partial charge in [0.2, 0.25) is 0 Å². The molecule has 2 heteroatoms. The van der Waals surface area contributed by atoms with Crippen LogP contribution in [0, 0.1) is 0 Å². The van der Waals surface area contributed by atoms with E-state index in [2.05, 4.69) is 40.8 Å². The van der Waals surface area contributed by atoms with E-state index in [0.717, 1.165) is 28.3 Å². The summed E-state index contributed by atoms with van der Waals surface area (Å²) in [6, 6.07) is 20.4. The molecule has 0 atom stereocenters. The van der Waals surface area contributed by atoms with Crippen molar-refractivity contribution >= 4 is 6.08 Å². The molecule has 1 N–H and O–H groups in total. The van der Waals surface area contributed by atoms with Crippen molar-refractivity contribution in [3.8, 4) is 22.5 Å². The minimum Gasteiger partial charge on any atom is -0.338 e. The van der Waals surface area contributed by atoms with Crippen LogP contribution in [-0.4, -0.2) is 9.97 Å². The van der Waals surface area contributed by atoms with Gasteiger partial charge in [0.15, 0.2) is 0 Å². The highest BCUT2D eigenvalue weighted by molar-refractivity contribution is 5.79. The number of hydrogen-bond acceptors (Lipinski definition) is 1. The first-order valence-corrected chi connectivity index (χ1v) is 6.22. The molecule has 0 radical (unpaired) electrons. The van der Waals surface area contributed by atoms with E-state index >= 15 is 0 Å². The molecule has 0 aliphatic heterocycles. The molecule has 2 aromatic carbocycles. The van der Waals surface area contributed by atoms with Gasteiger partial charge < -0.3 is 4.98 Å². The van der Waals surface area contributed by atoms with Gasteiger partial charge in [0.05, 0.1) is 11.4 Å². The van der Waals surface area contributed by atoms with Gasteiger partial charge in [-0.1, -0.05) is 67.2 Å². The number of H-pyrrole nitrogens is 1. The monoisotopic (exact) mass is 246 g/mol. The number of nitrogens with zero attached hydrogens (tertiary/aromatic N) is 1. The predicted octanol–water partition coefficient (Wildman–Crippen LogP) is 4.39. The maximum Gasteiger partial charge on any atom is 0.130 e. The fourth-order valence-corrected chi connectivity index (χ4v) is 2.11. The maximum atomic E-state index is 4.60. The largest absolute Gasteiger partial charge is 0.338 e. The molecule has 0 unspecified atom stereocenters. The van der Waals surface area contributed by atoms with Gasteiger partial charge in [-0.15, -0.1) is 0 Å². The summed E-state index contributed by atoms with van der Waals surface area (Å²) in [6.45, 7) is 3.78. The number of hydrogen-bond donors (Lipinski definition) is 1. The molecule has 0 saturated heterocycles. The Morgan fingerprint density at radius 2 is 1.42 bits per heavy atom. The molecule has 1 heterocycles. The molecule has 0 amide bonds. The maximum absolute atomic E-state index is 4.60. The van der Waals surface area contributed by atoms with E-state index in [0.29, 0.717) is 0 Å². The van der Waals surface area contributed by atoms with Crippen molar-refractivity contribution in [2.75, 3.05) is 0 Å². The normalized spacial score (nSPS) is 10.3. The lowest BCUT2D eigenvalue weighted by molar-refractivity contribution is 1.27. The molecular formula is C17H14N2. The van der Waals surface area contributed by atoms with Gasteiger partial charge in [-0.25, -0.2) is 4.98 Å². The lowest BCUT2D eigenvalue weighted by Gasteiger charge is -2.02. The van der Waals surface area contributed by atoms with Crippen LogP contribution in [-0.2, 0) is 0 Å². The lowest BCUT2D eigenvalue weighted by Crippen LogP contribution is -1.82. The number of nitrogens with one attached hydrogen (secondary N) is 1. The Labute approximate surface area is 112 Å². The Morgan fingerprint density at radius 3 is 2.00 bits per heavy atom. The number of rotatable bonds is 3. The second-order valence-corrected chi connectivity index (χ2v) is 4.28. The van der Waals surface area contributed by atoms with Crippen molar-refractivity contribution in [2.45, 2.75) is 0 Å². The Hall–Kier alpha value is -2.61. The minimum absolute atomic E-state index is 0.790. The number of imidazole rings is 1. The van der Waals surface area contributed by atoms with Crippen LogP contribution < -0.4 is 0 Å². The highest BCUT2D eigenvalue weighted by atomic mass is 14.9. The van der Waals surface area contributed by atoms with Crippen molar-refractivity contribution < 1.29 is 0 Å². The summed E-state index contributed by atoms with van der Waals surface area (Å²) in [5.41, 5.74) is 4.22. The van der Waals surface area contributed by atoms with E-state index in [9.17, 15) is 0 Å². The topological polar surface area (TPSA) is 28.7 Å². The summed E-state index contributed by atoms with van der Waals surface area (Å²) in [5, 5.41) is 0. The quantitative estimate of drug-likeness (QED) is 0.729. The highest BCUT2D eigenvalue weighted by Crippen LogP contribution is 2.29. The molecule has 0 saturated carbocycles. The van der Waals surface area contributed by atoms with Crippen LogP contribution in [0.3, 0.4) is 0 Å². The molecule has 0 aliphatic rings. The number of benzene rings is 2. The zero-order chi connectivity index (χ0) is 13.1. The van der Waals surface area contributed by atoms with Crippen molar-refractivity contribution in [3.05, 3.63) is 73.1 Å². The fraction of sp³-hybridized carbons (Fsp3) is 0. The first-order chi connectivity index (χ1) is 9.38. The first kappa shape index (κ1) is 11.5. The van der Waals surface area contributed by atoms with Crippen molar-refractivity contribution in [2.24, 2.45) is 0 Å². The molecule has 92 valence electrons. The van der Waals surface area contributed by atoms with Crippen LogP contribution in [0.15, 0.2) is 67.2 Å². The molecule has 0 spiro atoms. The average molecular weight is 246 g/mol. The second kappa shape index (κ2) is 4.94. The van der Waals surface area contributed by atoms with Crippen LogP contribution in [0.1, 0.15) is 5.82 Å². The molecular weight excluding hydrogens is 232 g/mol. The Balaban J connectivity index is 2.19. The molecule has 0 fully saturated rings. The average Bonchev–Trinajstić information content (AvgIpc) is 2.93. The predicted molar refractivity (Wildman–Crippen MR) is 79.6 cm³/mol. The number of aromatic nitrogens is 2. The third-order valence-electron chi connectivity index (χ3n) is 3.03. The zero-order valence-electron chi connectivity index (χ0n) is 10.5. The van der Waals surface area contributed by atoms with Gasteiger partial charge in [-0.05, 0) is 6.08 Å². The van der Waals surface area contributed by atoms with Gasteiger partial charge in [-0.2, -0.15) is 0 Å².